The highest BCUT2D eigenvalue weighted by molar-refractivity contribution is 7.80. The summed E-state index contributed by atoms with van der Waals surface area (Å²) in [6.07, 6.45) is 0. The van der Waals surface area contributed by atoms with Crippen LogP contribution in [-0.2, 0) is 16.1 Å². The van der Waals surface area contributed by atoms with Gasteiger partial charge in [-0.25, -0.2) is 4.21 Å². The van der Waals surface area contributed by atoms with Crippen molar-refractivity contribution >= 4 is 29.9 Å². The van der Waals surface area contributed by atoms with Gasteiger partial charge in [-0.3, -0.25) is 9.35 Å². The van der Waals surface area contributed by atoms with Gasteiger partial charge in [-0.1, -0.05) is 0 Å². The zero-order valence-electron chi connectivity index (χ0n) is 4.85. The van der Waals surface area contributed by atoms with Crippen molar-refractivity contribution in [2.45, 2.75) is 6.04 Å². The van der Waals surface area contributed by atoms with Crippen LogP contribution in [0.3, 0.4) is 0 Å². The van der Waals surface area contributed by atoms with Crippen molar-refractivity contribution in [1.29, 1.82) is 0 Å². The second-order valence-corrected chi connectivity index (χ2v) is 2.54. The molecule has 0 aromatic heterocycles. The molecule has 60 valence electrons. The maximum atomic E-state index is 10.1. The van der Waals surface area contributed by atoms with Gasteiger partial charge in [0, 0.05) is 5.75 Å². The average Bonchev–Trinajstić information content (AvgIpc) is 1.81. The number of thiol groups is 1. The van der Waals surface area contributed by atoms with Crippen molar-refractivity contribution in [2.24, 2.45) is 0 Å². The molecule has 10 heavy (non-hydrogen) atoms. The minimum Gasteiger partial charge on any atom is -0.480 e. The summed E-state index contributed by atoms with van der Waals surface area (Å²) in [6, 6.07) is -1.07. The first-order valence-corrected chi connectivity index (χ1v) is 4.02. The van der Waals surface area contributed by atoms with Crippen LogP contribution in [0.15, 0.2) is 0 Å². The summed E-state index contributed by atoms with van der Waals surface area (Å²) in [7, 11) is 0. The van der Waals surface area contributed by atoms with Gasteiger partial charge in [0.05, 0.1) is 0 Å². The van der Waals surface area contributed by atoms with Gasteiger partial charge in [-0.15, -0.1) is 0 Å². The van der Waals surface area contributed by atoms with Gasteiger partial charge in [0.15, 0.2) is 0 Å². The van der Waals surface area contributed by atoms with E-state index in [1.807, 2.05) is 4.72 Å². The van der Waals surface area contributed by atoms with E-state index in [1.54, 1.807) is 0 Å². The molecule has 2 atom stereocenters. The van der Waals surface area contributed by atoms with E-state index in [4.69, 9.17) is 9.66 Å². The number of nitrogens with one attached hydrogen (secondary N) is 1. The molecule has 0 fully saturated rings. The summed E-state index contributed by atoms with van der Waals surface area (Å²) in [5, 5.41) is 8.27. The predicted molar refractivity (Wildman–Crippen MR) is 39.2 cm³/mol. The summed E-state index contributed by atoms with van der Waals surface area (Å²) in [5.41, 5.74) is 0. The highest BCUT2D eigenvalue weighted by atomic mass is 32.2. The molecule has 0 amide bonds. The van der Waals surface area contributed by atoms with Crippen molar-refractivity contribution in [1.82, 2.24) is 4.72 Å². The maximum Gasteiger partial charge on any atom is 0.322 e. The van der Waals surface area contributed by atoms with Crippen molar-refractivity contribution in [3.05, 3.63) is 0 Å². The Morgan fingerprint density at radius 1 is 1.80 bits per heavy atom. The molecule has 0 aliphatic rings. The van der Waals surface area contributed by atoms with Gasteiger partial charge in [0.25, 0.3) is 0 Å². The van der Waals surface area contributed by atoms with Gasteiger partial charge in [0.1, 0.15) is 6.04 Å². The van der Waals surface area contributed by atoms with Crippen LogP contribution < -0.4 is 4.72 Å². The molecule has 0 rings (SSSR count). The van der Waals surface area contributed by atoms with E-state index in [-0.39, 0.29) is 5.75 Å². The third-order valence-electron chi connectivity index (χ3n) is 0.724. The van der Waals surface area contributed by atoms with E-state index in [1.165, 1.54) is 0 Å². The molecule has 0 bridgehead atoms. The number of hydrogen-bond acceptors (Lipinski definition) is 3. The highest BCUT2D eigenvalue weighted by Crippen LogP contribution is 1.87. The Hall–Kier alpha value is -0.110. The van der Waals surface area contributed by atoms with Crippen LogP contribution >= 0.6 is 12.6 Å². The summed E-state index contributed by atoms with van der Waals surface area (Å²) in [5.74, 6) is -1.22. The number of carbonyl (C=O) groups is 1. The Labute approximate surface area is 65.6 Å². The Bertz CT molecular complexity index is 149. The van der Waals surface area contributed by atoms with E-state index < -0.39 is 23.3 Å². The van der Waals surface area contributed by atoms with Crippen LogP contribution in [0.25, 0.3) is 0 Å². The van der Waals surface area contributed by atoms with E-state index >= 15 is 0 Å². The minimum absolute atomic E-state index is 0.0262. The number of hydrogen-bond donors (Lipinski definition) is 4. The molecular formula is C3H7NO4S2. The smallest absolute Gasteiger partial charge is 0.322 e. The SMILES string of the molecule is O=C(O)C(CS)NS(=O)O. The number of carboxylic acids is 1. The molecule has 0 radical (unpaired) electrons. The molecule has 5 nitrogen and oxygen atoms in total. The third-order valence-corrected chi connectivity index (χ3v) is 1.58. The Balaban J connectivity index is 3.83. The molecule has 0 saturated heterocycles. The van der Waals surface area contributed by atoms with Gasteiger partial charge < -0.3 is 5.11 Å². The standard InChI is InChI=1S/C3H7NO4S2/c5-3(6)2(1-9)4-10(7)8/h2,4,9H,1H2,(H,5,6)(H,7,8). The first-order chi connectivity index (χ1) is 4.57. The lowest BCUT2D eigenvalue weighted by Crippen LogP contribution is -2.38. The van der Waals surface area contributed by atoms with E-state index in [9.17, 15) is 9.00 Å². The Morgan fingerprint density at radius 3 is 2.40 bits per heavy atom. The number of rotatable bonds is 4. The summed E-state index contributed by atoms with van der Waals surface area (Å²) in [4.78, 5) is 10.1. The molecule has 0 saturated carbocycles. The summed E-state index contributed by atoms with van der Waals surface area (Å²) >= 11 is 1.34. The number of carboxylic acid groups (broad SMARTS) is 1. The lowest BCUT2D eigenvalue weighted by atomic mass is 10.4. The normalized spacial score (nSPS) is 16.2. The summed E-state index contributed by atoms with van der Waals surface area (Å²) < 4.78 is 20.0. The molecule has 0 spiro atoms. The predicted octanol–water partition coefficient (Wildman–Crippen LogP) is -0.904. The molecule has 0 heterocycles. The van der Waals surface area contributed by atoms with Gasteiger partial charge in [-0.2, -0.15) is 17.4 Å². The van der Waals surface area contributed by atoms with Gasteiger partial charge >= 0.3 is 5.97 Å². The molecule has 7 heteroatoms. The van der Waals surface area contributed by atoms with Crippen molar-refractivity contribution in [2.75, 3.05) is 5.75 Å². The molecule has 0 aliphatic carbocycles. The second-order valence-electron chi connectivity index (χ2n) is 1.44. The van der Waals surface area contributed by atoms with E-state index in [2.05, 4.69) is 12.6 Å². The molecule has 0 aromatic carbocycles. The Morgan fingerprint density at radius 2 is 2.30 bits per heavy atom. The first kappa shape index (κ1) is 9.89. The quantitative estimate of drug-likeness (QED) is 0.337. The van der Waals surface area contributed by atoms with Crippen molar-refractivity contribution in [3.8, 4) is 0 Å². The molecule has 0 aliphatic heterocycles. The topological polar surface area (TPSA) is 86.6 Å². The van der Waals surface area contributed by atoms with Crippen LogP contribution in [0.4, 0.5) is 0 Å². The van der Waals surface area contributed by atoms with Crippen LogP contribution in [0.1, 0.15) is 0 Å². The molecule has 2 unspecified atom stereocenters. The van der Waals surface area contributed by atoms with Crippen molar-refractivity contribution < 1.29 is 18.7 Å². The number of aliphatic carboxylic acids is 1. The third kappa shape index (κ3) is 3.83. The molecule has 3 N–H and O–H groups in total. The van der Waals surface area contributed by atoms with E-state index in [0.717, 1.165) is 0 Å². The highest BCUT2D eigenvalue weighted by Gasteiger charge is 2.16. The minimum atomic E-state index is -2.30. The zero-order chi connectivity index (χ0) is 8.15. The molecule has 0 aromatic rings. The second kappa shape index (κ2) is 4.67. The monoisotopic (exact) mass is 185 g/mol. The lowest BCUT2D eigenvalue weighted by Gasteiger charge is -2.06. The van der Waals surface area contributed by atoms with Crippen LogP contribution in [0.5, 0.6) is 0 Å². The van der Waals surface area contributed by atoms with Crippen LogP contribution in [0, 0.1) is 0 Å². The fourth-order valence-corrected chi connectivity index (χ4v) is 1.09. The van der Waals surface area contributed by atoms with Gasteiger partial charge in [-0.05, 0) is 0 Å². The summed E-state index contributed by atoms with van der Waals surface area (Å²) in [6.45, 7) is 0. The fraction of sp³-hybridized carbons (Fsp3) is 0.667. The largest absolute Gasteiger partial charge is 0.480 e. The maximum absolute atomic E-state index is 10.1. The first-order valence-electron chi connectivity index (χ1n) is 2.28. The van der Waals surface area contributed by atoms with Crippen LogP contribution in [0.2, 0.25) is 0 Å². The van der Waals surface area contributed by atoms with E-state index in [0.29, 0.717) is 0 Å². The lowest BCUT2D eigenvalue weighted by molar-refractivity contribution is -0.138. The van der Waals surface area contributed by atoms with Gasteiger partial charge in [0.2, 0.25) is 11.3 Å². The zero-order valence-corrected chi connectivity index (χ0v) is 6.56. The van der Waals surface area contributed by atoms with Crippen molar-refractivity contribution in [3.63, 3.8) is 0 Å². The fourth-order valence-electron chi connectivity index (χ4n) is 0.287. The average molecular weight is 185 g/mol. The van der Waals surface area contributed by atoms with Crippen LogP contribution in [-0.4, -0.2) is 31.6 Å². The molecular weight excluding hydrogens is 178 g/mol. The Kier molecular flexibility index (Phi) is 4.62.